The molecule has 2 rings (SSSR count). The van der Waals surface area contributed by atoms with Crippen LogP contribution in [0.5, 0.6) is 0 Å². The molecule has 0 bridgehead atoms. The zero-order chi connectivity index (χ0) is 20.3. The Morgan fingerprint density at radius 1 is 1.41 bits per heavy atom. The van der Waals surface area contributed by atoms with E-state index < -0.39 is 13.9 Å². The standard InChI is InChI=1S/C22H34O4Si/c1-8-9-14-22(5)19(15-20(23)25-22)24-16-17-12-10-11-13-18(17)26-27(6,7)21(2,3)4/h1,10,12,15,17-18H,9,11,13-14,16H2,2-7H3/t17-,18-,22-/m1/s1. The molecule has 0 N–H and O–H groups in total. The van der Waals surface area contributed by atoms with Crippen LogP contribution in [-0.2, 0) is 18.7 Å². The third-order valence-electron chi connectivity index (χ3n) is 6.00. The Morgan fingerprint density at radius 3 is 2.74 bits per heavy atom. The van der Waals surface area contributed by atoms with Gasteiger partial charge in [0.2, 0.25) is 0 Å². The zero-order valence-electron chi connectivity index (χ0n) is 17.6. The summed E-state index contributed by atoms with van der Waals surface area (Å²) in [5, 5.41) is 0.168. The average molecular weight is 391 g/mol. The van der Waals surface area contributed by atoms with Gasteiger partial charge in [0.15, 0.2) is 13.9 Å². The van der Waals surface area contributed by atoms with E-state index in [9.17, 15) is 4.79 Å². The average Bonchev–Trinajstić information content (AvgIpc) is 2.85. The van der Waals surface area contributed by atoms with Gasteiger partial charge >= 0.3 is 5.97 Å². The number of ether oxygens (including phenoxy) is 2. The lowest BCUT2D eigenvalue weighted by Crippen LogP contribution is -2.46. The van der Waals surface area contributed by atoms with E-state index in [0.29, 0.717) is 25.2 Å². The van der Waals surface area contributed by atoms with E-state index in [1.165, 1.54) is 6.08 Å². The minimum atomic E-state index is -1.86. The second-order valence-corrected chi connectivity index (χ2v) is 14.0. The highest BCUT2D eigenvalue weighted by Gasteiger charge is 2.42. The SMILES string of the molecule is C#CCC[C@@]1(C)OC(=O)C=C1OC[C@H]1C=CCC[C@H]1O[Si](C)(C)C(C)(C)C. The summed E-state index contributed by atoms with van der Waals surface area (Å²) in [6, 6.07) is 0. The van der Waals surface area contributed by atoms with Crippen LogP contribution in [0.2, 0.25) is 18.1 Å². The molecule has 4 nitrogen and oxygen atoms in total. The third-order valence-corrected chi connectivity index (χ3v) is 10.5. The van der Waals surface area contributed by atoms with Crippen molar-refractivity contribution in [3.05, 3.63) is 24.0 Å². The smallest absolute Gasteiger partial charge is 0.335 e. The first-order valence-electron chi connectivity index (χ1n) is 9.84. The molecule has 0 radical (unpaired) electrons. The van der Waals surface area contributed by atoms with Crippen LogP contribution in [0.4, 0.5) is 0 Å². The maximum absolute atomic E-state index is 11.8. The van der Waals surface area contributed by atoms with Crippen LogP contribution in [0.3, 0.4) is 0 Å². The molecule has 0 spiro atoms. The summed E-state index contributed by atoms with van der Waals surface area (Å²) in [5.74, 6) is 2.99. The molecule has 5 heteroatoms. The van der Waals surface area contributed by atoms with Crippen molar-refractivity contribution in [2.24, 2.45) is 5.92 Å². The molecule has 0 aromatic rings. The fourth-order valence-electron chi connectivity index (χ4n) is 3.16. The van der Waals surface area contributed by atoms with Gasteiger partial charge in [0.25, 0.3) is 0 Å². The fourth-order valence-corrected chi connectivity index (χ4v) is 4.56. The number of terminal acetylenes is 1. The number of rotatable bonds is 7. The van der Waals surface area contributed by atoms with E-state index in [-0.39, 0.29) is 23.0 Å². The summed E-state index contributed by atoms with van der Waals surface area (Å²) >= 11 is 0. The Balaban J connectivity index is 2.05. The Labute approximate surface area is 165 Å². The molecule has 1 aliphatic heterocycles. The Morgan fingerprint density at radius 2 is 2.11 bits per heavy atom. The molecule has 0 unspecified atom stereocenters. The van der Waals surface area contributed by atoms with Crippen LogP contribution in [0.15, 0.2) is 24.0 Å². The fraction of sp³-hybridized carbons (Fsp3) is 0.682. The zero-order valence-corrected chi connectivity index (χ0v) is 18.6. The lowest BCUT2D eigenvalue weighted by molar-refractivity contribution is -0.147. The van der Waals surface area contributed by atoms with Gasteiger partial charge in [-0.25, -0.2) is 4.79 Å². The van der Waals surface area contributed by atoms with Crippen molar-refractivity contribution in [3.63, 3.8) is 0 Å². The molecule has 150 valence electrons. The van der Waals surface area contributed by atoms with Crippen LogP contribution in [-0.4, -0.2) is 32.6 Å². The summed E-state index contributed by atoms with van der Waals surface area (Å²) in [7, 11) is -1.86. The van der Waals surface area contributed by atoms with Crippen molar-refractivity contribution < 1.29 is 18.7 Å². The Kier molecular flexibility index (Phi) is 6.65. The number of esters is 1. The minimum Gasteiger partial charge on any atom is -0.493 e. The van der Waals surface area contributed by atoms with E-state index >= 15 is 0 Å². The first kappa shape index (κ1) is 21.8. The molecule has 2 aliphatic rings. The second kappa shape index (κ2) is 8.24. The van der Waals surface area contributed by atoms with Gasteiger partial charge in [0.05, 0.1) is 18.8 Å². The predicted octanol–water partition coefficient (Wildman–Crippen LogP) is 4.97. The van der Waals surface area contributed by atoms with Gasteiger partial charge in [-0.05, 0) is 37.9 Å². The van der Waals surface area contributed by atoms with E-state index in [4.69, 9.17) is 20.3 Å². The second-order valence-electron chi connectivity index (χ2n) is 9.26. The predicted molar refractivity (Wildman–Crippen MR) is 111 cm³/mol. The Hall–Kier alpha value is -1.51. The highest BCUT2D eigenvalue weighted by atomic mass is 28.4. The van der Waals surface area contributed by atoms with Crippen molar-refractivity contribution in [1.82, 2.24) is 0 Å². The molecule has 1 heterocycles. The normalized spacial score (nSPS) is 28.5. The largest absolute Gasteiger partial charge is 0.493 e. The van der Waals surface area contributed by atoms with E-state index in [0.717, 1.165) is 12.8 Å². The molecule has 27 heavy (non-hydrogen) atoms. The van der Waals surface area contributed by atoms with Gasteiger partial charge in [0, 0.05) is 18.8 Å². The summed E-state index contributed by atoms with van der Waals surface area (Å²) in [5.41, 5.74) is -0.766. The number of carbonyl (C=O) groups is 1. The van der Waals surface area contributed by atoms with Crippen molar-refractivity contribution in [3.8, 4) is 12.3 Å². The molecule has 0 saturated heterocycles. The molecule has 0 fully saturated rings. The number of hydrogen-bond donors (Lipinski definition) is 0. The van der Waals surface area contributed by atoms with Gasteiger partial charge in [0.1, 0.15) is 5.76 Å². The first-order chi connectivity index (χ1) is 12.5. The molecular formula is C22H34O4Si. The van der Waals surface area contributed by atoms with Crippen molar-refractivity contribution in [1.29, 1.82) is 0 Å². The molecule has 0 amide bonds. The van der Waals surface area contributed by atoms with E-state index in [1.54, 1.807) is 0 Å². The first-order valence-corrected chi connectivity index (χ1v) is 12.8. The molecule has 0 saturated carbocycles. The van der Waals surface area contributed by atoms with Gasteiger partial charge in [-0.3, -0.25) is 0 Å². The quantitative estimate of drug-likeness (QED) is 0.266. The molecular weight excluding hydrogens is 356 g/mol. The van der Waals surface area contributed by atoms with Gasteiger partial charge in [-0.1, -0.05) is 32.9 Å². The van der Waals surface area contributed by atoms with E-state index in [2.05, 4.69) is 51.9 Å². The van der Waals surface area contributed by atoms with Crippen LogP contribution >= 0.6 is 0 Å². The maximum Gasteiger partial charge on any atom is 0.335 e. The molecule has 3 atom stereocenters. The van der Waals surface area contributed by atoms with Crippen LogP contribution in [0, 0.1) is 18.3 Å². The van der Waals surface area contributed by atoms with Gasteiger partial charge < -0.3 is 13.9 Å². The summed E-state index contributed by atoms with van der Waals surface area (Å²) < 4.78 is 18.2. The Bertz CT molecular complexity index is 650. The molecule has 0 aromatic carbocycles. The van der Waals surface area contributed by atoms with Gasteiger partial charge in [-0.2, -0.15) is 0 Å². The van der Waals surface area contributed by atoms with Gasteiger partial charge in [-0.15, -0.1) is 12.3 Å². The minimum absolute atomic E-state index is 0.145. The summed E-state index contributed by atoms with van der Waals surface area (Å²) in [6.45, 7) is 13.7. The van der Waals surface area contributed by atoms with Crippen molar-refractivity contribution >= 4 is 14.3 Å². The monoisotopic (exact) mass is 390 g/mol. The number of hydrogen-bond acceptors (Lipinski definition) is 4. The topological polar surface area (TPSA) is 44.8 Å². The number of carbonyl (C=O) groups excluding carboxylic acids is 1. The lowest BCUT2D eigenvalue weighted by Gasteiger charge is -2.42. The van der Waals surface area contributed by atoms with Crippen LogP contribution < -0.4 is 0 Å². The highest BCUT2D eigenvalue weighted by molar-refractivity contribution is 6.74. The lowest BCUT2D eigenvalue weighted by atomic mass is 9.93. The van der Waals surface area contributed by atoms with Crippen molar-refractivity contribution in [2.75, 3.05) is 6.61 Å². The molecule has 0 aromatic heterocycles. The highest BCUT2D eigenvalue weighted by Crippen LogP contribution is 2.40. The number of cyclic esters (lactones) is 1. The molecule has 1 aliphatic carbocycles. The number of allylic oxidation sites excluding steroid dienone is 1. The van der Waals surface area contributed by atoms with Crippen molar-refractivity contribution in [2.45, 2.75) is 83.2 Å². The summed E-state index contributed by atoms with van der Waals surface area (Å²) in [6.07, 6.45) is 14.5. The maximum atomic E-state index is 11.8. The third kappa shape index (κ3) is 5.27. The van der Waals surface area contributed by atoms with E-state index in [1.807, 2.05) is 6.92 Å². The van der Waals surface area contributed by atoms with Crippen LogP contribution in [0.1, 0.15) is 53.4 Å². The van der Waals surface area contributed by atoms with Crippen LogP contribution in [0.25, 0.3) is 0 Å². The summed E-state index contributed by atoms with van der Waals surface area (Å²) in [4.78, 5) is 11.8.